The first-order valence-electron chi connectivity index (χ1n) is 6.97. The van der Waals surface area contributed by atoms with Gasteiger partial charge in [0, 0.05) is 13.2 Å². The molecule has 0 saturated heterocycles. The number of rotatable bonds is 11. The maximum Gasteiger partial charge on any atom is 0.138 e. The van der Waals surface area contributed by atoms with Crippen LogP contribution in [0, 0.1) is 0 Å². The molecule has 1 rings (SSSR count). The number of ether oxygens (including phenoxy) is 4. The van der Waals surface area contributed by atoms with Gasteiger partial charge in [-0.15, -0.1) is 0 Å². The fourth-order valence-electron chi connectivity index (χ4n) is 1.59. The molecule has 0 aromatic heterocycles. The first-order valence-corrected chi connectivity index (χ1v) is 7.35. The standard InChI is InChI=1S/C15H24ClNO4/c1-12(17)13-3-4-15(14(16)11-13)21-10-9-20-8-7-19-6-5-18-2/h3-4,11-12H,5-10,17H2,1-2H3/t12-/m1/s1. The van der Waals surface area contributed by atoms with E-state index in [0.717, 1.165) is 5.56 Å². The summed E-state index contributed by atoms with van der Waals surface area (Å²) < 4.78 is 21.1. The quantitative estimate of drug-likeness (QED) is 0.635. The van der Waals surface area contributed by atoms with Gasteiger partial charge in [0.25, 0.3) is 0 Å². The number of hydrogen-bond donors (Lipinski definition) is 1. The third-order valence-corrected chi connectivity index (χ3v) is 3.07. The van der Waals surface area contributed by atoms with E-state index in [4.69, 9.17) is 36.3 Å². The molecule has 5 nitrogen and oxygen atoms in total. The van der Waals surface area contributed by atoms with Crippen LogP contribution in [0.25, 0.3) is 0 Å². The Hall–Kier alpha value is -0.850. The highest BCUT2D eigenvalue weighted by Crippen LogP contribution is 2.27. The molecule has 0 aliphatic heterocycles. The molecule has 0 heterocycles. The lowest BCUT2D eigenvalue weighted by Gasteiger charge is -2.11. The maximum absolute atomic E-state index is 6.13. The Bertz CT molecular complexity index is 401. The van der Waals surface area contributed by atoms with Gasteiger partial charge < -0.3 is 24.7 Å². The third kappa shape index (κ3) is 7.64. The van der Waals surface area contributed by atoms with E-state index >= 15 is 0 Å². The summed E-state index contributed by atoms with van der Waals surface area (Å²) in [4.78, 5) is 0. The number of methoxy groups -OCH3 is 1. The summed E-state index contributed by atoms with van der Waals surface area (Å²) in [5.41, 5.74) is 6.78. The highest BCUT2D eigenvalue weighted by Gasteiger charge is 2.05. The molecule has 0 aliphatic rings. The molecule has 0 fully saturated rings. The second-order valence-electron chi connectivity index (χ2n) is 4.54. The van der Waals surface area contributed by atoms with Crippen molar-refractivity contribution in [2.75, 3.05) is 46.8 Å². The van der Waals surface area contributed by atoms with E-state index in [1.165, 1.54) is 0 Å². The van der Waals surface area contributed by atoms with Gasteiger partial charge in [-0.05, 0) is 24.6 Å². The van der Waals surface area contributed by atoms with Crippen LogP contribution in [0.2, 0.25) is 5.02 Å². The first kappa shape index (κ1) is 18.2. The van der Waals surface area contributed by atoms with Crippen molar-refractivity contribution in [1.82, 2.24) is 0 Å². The summed E-state index contributed by atoms with van der Waals surface area (Å²) in [6.45, 7) is 5.09. The Morgan fingerprint density at radius 3 is 2.24 bits per heavy atom. The summed E-state index contributed by atoms with van der Waals surface area (Å²) >= 11 is 6.13. The summed E-state index contributed by atoms with van der Waals surface area (Å²) in [6, 6.07) is 5.52. The highest BCUT2D eigenvalue weighted by molar-refractivity contribution is 6.32. The van der Waals surface area contributed by atoms with Crippen molar-refractivity contribution in [3.63, 3.8) is 0 Å². The van der Waals surface area contributed by atoms with Crippen molar-refractivity contribution in [2.24, 2.45) is 5.73 Å². The van der Waals surface area contributed by atoms with Crippen molar-refractivity contribution in [2.45, 2.75) is 13.0 Å². The van der Waals surface area contributed by atoms with Gasteiger partial charge >= 0.3 is 0 Å². The van der Waals surface area contributed by atoms with Crippen LogP contribution in [-0.2, 0) is 14.2 Å². The fourth-order valence-corrected chi connectivity index (χ4v) is 1.84. The van der Waals surface area contributed by atoms with Crippen molar-refractivity contribution in [3.8, 4) is 5.75 Å². The Labute approximate surface area is 131 Å². The van der Waals surface area contributed by atoms with E-state index in [1.54, 1.807) is 7.11 Å². The van der Waals surface area contributed by atoms with Crippen LogP contribution >= 0.6 is 11.6 Å². The zero-order valence-corrected chi connectivity index (χ0v) is 13.4. The molecule has 0 spiro atoms. The topological polar surface area (TPSA) is 62.9 Å². The third-order valence-electron chi connectivity index (χ3n) is 2.77. The predicted molar refractivity (Wildman–Crippen MR) is 83.1 cm³/mol. The maximum atomic E-state index is 6.13. The molecule has 1 atom stereocenters. The van der Waals surface area contributed by atoms with Crippen molar-refractivity contribution < 1.29 is 18.9 Å². The lowest BCUT2D eigenvalue weighted by molar-refractivity contribution is 0.0180. The van der Waals surface area contributed by atoms with Crippen molar-refractivity contribution >= 4 is 11.6 Å². The van der Waals surface area contributed by atoms with Gasteiger partial charge in [-0.25, -0.2) is 0 Å². The summed E-state index contributed by atoms with van der Waals surface area (Å²) in [6.07, 6.45) is 0. The molecular formula is C15H24ClNO4. The van der Waals surface area contributed by atoms with Crippen molar-refractivity contribution in [1.29, 1.82) is 0 Å². The second kappa shape index (κ2) is 10.8. The molecule has 120 valence electrons. The van der Waals surface area contributed by atoms with Gasteiger partial charge in [0.05, 0.1) is 38.1 Å². The zero-order chi connectivity index (χ0) is 15.5. The lowest BCUT2D eigenvalue weighted by Crippen LogP contribution is -2.12. The molecule has 0 amide bonds. The van der Waals surface area contributed by atoms with Gasteiger partial charge in [-0.3, -0.25) is 0 Å². The summed E-state index contributed by atoms with van der Waals surface area (Å²) in [5.74, 6) is 0.640. The van der Waals surface area contributed by atoms with Crippen LogP contribution in [0.3, 0.4) is 0 Å². The molecule has 21 heavy (non-hydrogen) atoms. The molecule has 0 aliphatic carbocycles. The van der Waals surface area contributed by atoms with Crippen LogP contribution < -0.4 is 10.5 Å². The number of hydrogen-bond acceptors (Lipinski definition) is 5. The van der Waals surface area contributed by atoms with Gasteiger partial charge in [0.15, 0.2) is 0 Å². The minimum absolute atomic E-state index is 0.0435. The normalized spacial score (nSPS) is 12.4. The number of halogens is 1. The van der Waals surface area contributed by atoms with Gasteiger partial charge in [0.1, 0.15) is 12.4 Å². The molecule has 1 aromatic carbocycles. The minimum atomic E-state index is -0.0435. The highest BCUT2D eigenvalue weighted by atomic mass is 35.5. The van der Waals surface area contributed by atoms with E-state index in [-0.39, 0.29) is 6.04 Å². The van der Waals surface area contributed by atoms with Crippen LogP contribution in [0.4, 0.5) is 0 Å². The van der Waals surface area contributed by atoms with Gasteiger partial charge in [-0.2, -0.15) is 0 Å². The van der Waals surface area contributed by atoms with E-state index < -0.39 is 0 Å². The van der Waals surface area contributed by atoms with E-state index in [2.05, 4.69) is 0 Å². The van der Waals surface area contributed by atoms with Gasteiger partial charge in [-0.1, -0.05) is 17.7 Å². The van der Waals surface area contributed by atoms with Crippen molar-refractivity contribution in [3.05, 3.63) is 28.8 Å². The Kier molecular flexibility index (Phi) is 9.37. The number of benzene rings is 1. The Balaban J connectivity index is 2.13. The van der Waals surface area contributed by atoms with E-state index in [1.807, 2.05) is 25.1 Å². The van der Waals surface area contributed by atoms with Crippen LogP contribution in [0.5, 0.6) is 5.75 Å². The Morgan fingerprint density at radius 1 is 1.05 bits per heavy atom. The first-order chi connectivity index (χ1) is 10.1. The monoisotopic (exact) mass is 317 g/mol. The zero-order valence-electron chi connectivity index (χ0n) is 12.6. The van der Waals surface area contributed by atoms with Gasteiger partial charge in [0.2, 0.25) is 0 Å². The van der Waals surface area contributed by atoms with Crippen LogP contribution in [-0.4, -0.2) is 46.8 Å². The lowest BCUT2D eigenvalue weighted by atomic mass is 10.1. The SMILES string of the molecule is COCCOCCOCCOc1ccc([C@@H](C)N)cc1Cl. The molecule has 2 N–H and O–H groups in total. The average molecular weight is 318 g/mol. The van der Waals surface area contributed by atoms with Crippen LogP contribution in [0.1, 0.15) is 18.5 Å². The smallest absolute Gasteiger partial charge is 0.138 e. The molecule has 0 bridgehead atoms. The molecular weight excluding hydrogens is 294 g/mol. The largest absolute Gasteiger partial charge is 0.490 e. The molecule has 0 unspecified atom stereocenters. The molecule has 0 saturated carbocycles. The van der Waals surface area contributed by atoms with Crippen LogP contribution in [0.15, 0.2) is 18.2 Å². The second-order valence-corrected chi connectivity index (χ2v) is 4.95. The number of nitrogens with two attached hydrogens (primary N) is 1. The summed E-state index contributed by atoms with van der Waals surface area (Å²) in [7, 11) is 1.64. The Morgan fingerprint density at radius 2 is 1.67 bits per heavy atom. The molecule has 1 aromatic rings. The molecule has 6 heteroatoms. The van der Waals surface area contributed by atoms with E-state index in [0.29, 0.717) is 50.4 Å². The minimum Gasteiger partial charge on any atom is -0.490 e. The molecule has 0 radical (unpaired) electrons. The summed E-state index contributed by atoms with van der Waals surface area (Å²) in [5, 5.41) is 0.563. The fraction of sp³-hybridized carbons (Fsp3) is 0.600. The average Bonchev–Trinajstić information content (AvgIpc) is 2.46. The van der Waals surface area contributed by atoms with E-state index in [9.17, 15) is 0 Å². The predicted octanol–water partition coefficient (Wildman–Crippen LogP) is 2.42.